The Bertz CT molecular complexity index is 434. The van der Waals surface area contributed by atoms with Crippen molar-refractivity contribution in [1.82, 2.24) is 0 Å². The van der Waals surface area contributed by atoms with Gasteiger partial charge in [0.25, 0.3) is 0 Å². The summed E-state index contributed by atoms with van der Waals surface area (Å²) in [6.07, 6.45) is 2.84. The molecule has 112 valence electrons. The molecular formula is C15H23NO4. The molecule has 0 aliphatic heterocycles. The van der Waals surface area contributed by atoms with Crippen molar-refractivity contribution in [2.24, 2.45) is 5.73 Å². The molecule has 0 aromatic heterocycles. The molecule has 1 unspecified atom stereocenters. The molecule has 0 aliphatic rings. The molecule has 0 saturated heterocycles. The zero-order chi connectivity index (χ0) is 15.0. The summed E-state index contributed by atoms with van der Waals surface area (Å²) in [5.74, 6) is 1.33. The summed E-state index contributed by atoms with van der Waals surface area (Å²) in [6, 6.07) is 5.44. The van der Waals surface area contributed by atoms with E-state index >= 15 is 0 Å². The average molecular weight is 281 g/mol. The van der Waals surface area contributed by atoms with Crippen LogP contribution in [0, 0.1) is 0 Å². The van der Waals surface area contributed by atoms with Gasteiger partial charge in [-0.25, -0.2) is 0 Å². The lowest BCUT2D eigenvalue weighted by atomic mass is 10.00. The first kappa shape index (κ1) is 16.3. The van der Waals surface area contributed by atoms with Crippen LogP contribution in [0.1, 0.15) is 37.3 Å². The third kappa shape index (κ3) is 4.74. The van der Waals surface area contributed by atoms with Gasteiger partial charge in [0.15, 0.2) is 0 Å². The van der Waals surface area contributed by atoms with E-state index in [0.717, 1.165) is 36.3 Å². The Kier molecular flexibility index (Phi) is 6.87. The Balaban J connectivity index is 2.57. The molecule has 0 radical (unpaired) electrons. The van der Waals surface area contributed by atoms with Crippen molar-refractivity contribution in [2.75, 3.05) is 21.3 Å². The molecule has 0 amide bonds. The second kappa shape index (κ2) is 8.43. The van der Waals surface area contributed by atoms with E-state index in [-0.39, 0.29) is 12.0 Å². The largest absolute Gasteiger partial charge is 0.497 e. The Hall–Kier alpha value is -1.75. The first-order chi connectivity index (χ1) is 9.62. The van der Waals surface area contributed by atoms with Crippen LogP contribution in [0.2, 0.25) is 0 Å². The fourth-order valence-corrected chi connectivity index (χ4v) is 2.02. The number of nitrogens with two attached hydrogens (primary N) is 1. The first-order valence-electron chi connectivity index (χ1n) is 6.66. The first-order valence-corrected chi connectivity index (χ1v) is 6.66. The normalized spacial score (nSPS) is 11.8. The van der Waals surface area contributed by atoms with Gasteiger partial charge in [-0.3, -0.25) is 4.79 Å². The number of carbonyl (C=O) groups excluding carboxylic acids is 1. The van der Waals surface area contributed by atoms with Crippen molar-refractivity contribution in [1.29, 1.82) is 0 Å². The highest BCUT2D eigenvalue weighted by molar-refractivity contribution is 5.68. The zero-order valence-corrected chi connectivity index (χ0v) is 12.3. The molecule has 1 rings (SSSR count). The van der Waals surface area contributed by atoms with Crippen LogP contribution >= 0.6 is 0 Å². The molecule has 0 bridgehead atoms. The number of benzene rings is 1. The molecule has 1 atom stereocenters. The summed E-state index contributed by atoms with van der Waals surface area (Å²) in [5.41, 5.74) is 7.11. The van der Waals surface area contributed by atoms with Crippen molar-refractivity contribution >= 4 is 5.97 Å². The van der Waals surface area contributed by atoms with Crippen molar-refractivity contribution in [2.45, 2.75) is 31.7 Å². The molecule has 5 heteroatoms. The quantitative estimate of drug-likeness (QED) is 0.585. The topological polar surface area (TPSA) is 70.8 Å². The van der Waals surface area contributed by atoms with Crippen LogP contribution < -0.4 is 15.2 Å². The average Bonchev–Trinajstić information content (AvgIpc) is 2.50. The second-order valence-corrected chi connectivity index (χ2v) is 4.54. The van der Waals surface area contributed by atoms with Gasteiger partial charge < -0.3 is 19.9 Å². The molecule has 2 N–H and O–H groups in total. The van der Waals surface area contributed by atoms with Gasteiger partial charge >= 0.3 is 5.97 Å². The van der Waals surface area contributed by atoms with Gasteiger partial charge in [0, 0.05) is 18.0 Å². The summed E-state index contributed by atoms with van der Waals surface area (Å²) < 4.78 is 15.1. The summed E-state index contributed by atoms with van der Waals surface area (Å²) in [7, 11) is 4.64. The number of rotatable bonds is 8. The monoisotopic (exact) mass is 281 g/mol. The van der Waals surface area contributed by atoms with Gasteiger partial charge in [0.2, 0.25) is 0 Å². The molecule has 20 heavy (non-hydrogen) atoms. The SMILES string of the molecule is COC(=O)CCCCC(N)c1cc(OC)ccc1OC. The predicted octanol–water partition coefficient (Wildman–Crippen LogP) is 2.44. The summed E-state index contributed by atoms with van der Waals surface area (Å²) in [5, 5.41) is 0. The lowest BCUT2D eigenvalue weighted by molar-refractivity contribution is -0.140. The Labute approximate surface area is 120 Å². The van der Waals surface area contributed by atoms with Crippen LogP contribution in [0.3, 0.4) is 0 Å². The minimum Gasteiger partial charge on any atom is -0.497 e. The van der Waals surface area contributed by atoms with E-state index in [2.05, 4.69) is 4.74 Å². The van der Waals surface area contributed by atoms with E-state index in [9.17, 15) is 4.79 Å². The number of ether oxygens (including phenoxy) is 3. The lowest BCUT2D eigenvalue weighted by Gasteiger charge is -2.16. The Morgan fingerprint density at radius 1 is 1.20 bits per heavy atom. The molecule has 0 heterocycles. The van der Waals surface area contributed by atoms with E-state index in [1.165, 1.54) is 7.11 Å². The van der Waals surface area contributed by atoms with Crippen LogP contribution in [-0.4, -0.2) is 27.3 Å². The zero-order valence-electron chi connectivity index (χ0n) is 12.3. The van der Waals surface area contributed by atoms with E-state index < -0.39 is 0 Å². The number of hydrogen-bond donors (Lipinski definition) is 1. The summed E-state index contributed by atoms with van der Waals surface area (Å²) >= 11 is 0. The molecule has 1 aromatic carbocycles. The maximum atomic E-state index is 11.0. The van der Waals surface area contributed by atoms with Crippen molar-refractivity contribution in [3.63, 3.8) is 0 Å². The van der Waals surface area contributed by atoms with Gasteiger partial charge in [-0.15, -0.1) is 0 Å². The minimum atomic E-state index is -0.183. The summed E-state index contributed by atoms with van der Waals surface area (Å²) in [4.78, 5) is 11.0. The van der Waals surface area contributed by atoms with Crippen LogP contribution in [0.25, 0.3) is 0 Å². The Morgan fingerprint density at radius 3 is 2.55 bits per heavy atom. The van der Waals surface area contributed by atoms with E-state index in [4.69, 9.17) is 15.2 Å². The fourth-order valence-electron chi connectivity index (χ4n) is 2.02. The molecule has 1 aromatic rings. The minimum absolute atomic E-state index is 0.141. The highest BCUT2D eigenvalue weighted by Gasteiger charge is 2.13. The predicted molar refractivity (Wildman–Crippen MR) is 77.0 cm³/mol. The Morgan fingerprint density at radius 2 is 1.95 bits per heavy atom. The van der Waals surface area contributed by atoms with Gasteiger partial charge in [-0.2, -0.15) is 0 Å². The number of hydrogen-bond acceptors (Lipinski definition) is 5. The molecule has 0 fully saturated rings. The number of unbranched alkanes of at least 4 members (excludes halogenated alkanes) is 1. The number of esters is 1. The van der Waals surface area contributed by atoms with Crippen molar-refractivity contribution < 1.29 is 19.0 Å². The fraction of sp³-hybridized carbons (Fsp3) is 0.533. The van der Waals surface area contributed by atoms with Gasteiger partial charge in [0.05, 0.1) is 21.3 Å². The number of methoxy groups -OCH3 is 3. The van der Waals surface area contributed by atoms with Crippen LogP contribution in [0.4, 0.5) is 0 Å². The van der Waals surface area contributed by atoms with Crippen molar-refractivity contribution in [3.05, 3.63) is 23.8 Å². The second-order valence-electron chi connectivity index (χ2n) is 4.54. The summed E-state index contributed by atoms with van der Waals surface area (Å²) in [6.45, 7) is 0. The molecule has 0 spiro atoms. The van der Waals surface area contributed by atoms with Gasteiger partial charge in [-0.1, -0.05) is 6.42 Å². The maximum absolute atomic E-state index is 11.0. The third-order valence-electron chi connectivity index (χ3n) is 3.21. The van der Waals surface area contributed by atoms with Crippen LogP contribution in [0.5, 0.6) is 11.5 Å². The standard InChI is InChI=1S/C15H23NO4/c1-18-11-8-9-14(19-2)12(10-11)13(16)6-4-5-7-15(17)20-3/h8-10,13H,4-7,16H2,1-3H3. The smallest absolute Gasteiger partial charge is 0.305 e. The van der Waals surface area contributed by atoms with Crippen molar-refractivity contribution in [3.8, 4) is 11.5 Å². The van der Waals surface area contributed by atoms with Gasteiger partial charge in [0.1, 0.15) is 11.5 Å². The lowest BCUT2D eigenvalue weighted by Crippen LogP contribution is -2.12. The van der Waals surface area contributed by atoms with Gasteiger partial charge in [-0.05, 0) is 31.0 Å². The van der Waals surface area contributed by atoms with E-state index in [1.807, 2.05) is 18.2 Å². The van der Waals surface area contributed by atoms with Crippen LogP contribution in [0.15, 0.2) is 18.2 Å². The maximum Gasteiger partial charge on any atom is 0.305 e. The highest BCUT2D eigenvalue weighted by atomic mass is 16.5. The molecule has 5 nitrogen and oxygen atoms in total. The number of carbonyl (C=O) groups is 1. The van der Waals surface area contributed by atoms with Crippen LogP contribution in [-0.2, 0) is 9.53 Å². The molecule has 0 aliphatic carbocycles. The van der Waals surface area contributed by atoms with E-state index in [0.29, 0.717) is 6.42 Å². The molecular weight excluding hydrogens is 258 g/mol. The highest BCUT2D eigenvalue weighted by Crippen LogP contribution is 2.30. The van der Waals surface area contributed by atoms with E-state index in [1.54, 1.807) is 14.2 Å². The third-order valence-corrected chi connectivity index (χ3v) is 3.21. The molecule has 0 saturated carbocycles.